The average Bonchev–Trinajstić information content (AvgIpc) is 3.09. The molecule has 2 aromatic heterocycles. The van der Waals surface area contributed by atoms with Crippen molar-refractivity contribution in [2.24, 2.45) is 0 Å². The highest BCUT2D eigenvalue weighted by molar-refractivity contribution is 7.15. The maximum atomic E-state index is 11.7. The Morgan fingerprint density at radius 1 is 1.36 bits per heavy atom. The van der Waals surface area contributed by atoms with Gasteiger partial charge in [-0.25, -0.2) is 4.98 Å². The van der Waals surface area contributed by atoms with E-state index in [0.717, 1.165) is 27.7 Å². The topological polar surface area (TPSA) is 52.8 Å². The lowest BCUT2D eigenvalue weighted by Crippen LogP contribution is -2.08. The zero-order valence-corrected chi connectivity index (χ0v) is 13.2. The number of rotatable bonds is 5. The van der Waals surface area contributed by atoms with Crippen LogP contribution in [0.25, 0.3) is 16.2 Å². The molecule has 1 aromatic carbocycles. The Morgan fingerprint density at radius 3 is 2.95 bits per heavy atom. The van der Waals surface area contributed by atoms with Crippen molar-refractivity contribution in [3.8, 4) is 17.0 Å². The van der Waals surface area contributed by atoms with Crippen molar-refractivity contribution in [3.05, 3.63) is 41.5 Å². The number of para-hydroxylation sites is 1. The lowest BCUT2D eigenvalue weighted by molar-refractivity contribution is -0.142. The van der Waals surface area contributed by atoms with Gasteiger partial charge in [0.2, 0.25) is 0 Å². The van der Waals surface area contributed by atoms with E-state index in [1.165, 1.54) is 11.3 Å². The summed E-state index contributed by atoms with van der Waals surface area (Å²) in [5.41, 5.74) is 2.64. The minimum atomic E-state index is -0.227. The molecule has 0 radical (unpaired) electrons. The molecule has 114 valence electrons. The number of carbonyl (C=O) groups is 1. The molecule has 0 spiro atoms. The molecule has 0 saturated carbocycles. The van der Waals surface area contributed by atoms with Crippen LogP contribution in [0.2, 0.25) is 0 Å². The van der Waals surface area contributed by atoms with Crippen LogP contribution < -0.4 is 4.74 Å². The molecule has 0 aliphatic heterocycles. The maximum absolute atomic E-state index is 11.7. The van der Waals surface area contributed by atoms with Gasteiger partial charge in [0.25, 0.3) is 0 Å². The van der Waals surface area contributed by atoms with Gasteiger partial charge in [0, 0.05) is 22.8 Å². The van der Waals surface area contributed by atoms with Crippen LogP contribution in [0.3, 0.4) is 0 Å². The van der Waals surface area contributed by atoms with Gasteiger partial charge in [0.15, 0.2) is 4.96 Å². The fraction of sp³-hybridized carbons (Fsp3) is 0.250. The van der Waals surface area contributed by atoms with Crippen LogP contribution in [0.5, 0.6) is 5.75 Å². The number of nitrogens with zero attached hydrogens (tertiary/aromatic N) is 2. The van der Waals surface area contributed by atoms with Gasteiger partial charge in [-0.05, 0) is 19.1 Å². The van der Waals surface area contributed by atoms with Crippen molar-refractivity contribution in [3.63, 3.8) is 0 Å². The SMILES string of the molecule is CCOC(=O)Cc1csc2nc(-c3ccccc3OC)cn12. The number of ether oxygens (including phenoxy) is 2. The average molecular weight is 316 g/mol. The molecule has 0 amide bonds. The number of esters is 1. The molecule has 0 aliphatic carbocycles. The van der Waals surface area contributed by atoms with Gasteiger partial charge in [-0.2, -0.15) is 0 Å². The summed E-state index contributed by atoms with van der Waals surface area (Å²) < 4.78 is 12.3. The molecule has 5 nitrogen and oxygen atoms in total. The predicted octanol–water partition coefficient (Wildman–Crippen LogP) is 3.18. The minimum Gasteiger partial charge on any atom is -0.496 e. The number of aromatic nitrogens is 2. The van der Waals surface area contributed by atoms with Gasteiger partial charge in [-0.3, -0.25) is 9.20 Å². The Kier molecular flexibility index (Phi) is 4.11. The first-order chi connectivity index (χ1) is 10.7. The number of fused-ring (bicyclic) bond motifs is 1. The molecule has 0 bridgehead atoms. The highest BCUT2D eigenvalue weighted by Crippen LogP contribution is 2.30. The molecule has 0 aliphatic rings. The van der Waals surface area contributed by atoms with Crippen LogP contribution >= 0.6 is 11.3 Å². The van der Waals surface area contributed by atoms with Gasteiger partial charge in [-0.1, -0.05) is 12.1 Å². The number of benzene rings is 1. The van der Waals surface area contributed by atoms with E-state index in [2.05, 4.69) is 4.98 Å². The molecule has 22 heavy (non-hydrogen) atoms. The van der Waals surface area contributed by atoms with Crippen LogP contribution in [0.15, 0.2) is 35.8 Å². The monoisotopic (exact) mass is 316 g/mol. The smallest absolute Gasteiger partial charge is 0.311 e. The van der Waals surface area contributed by atoms with E-state index in [1.807, 2.05) is 40.2 Å². The molecular weight excluding hydrogens is 300 g/mol. The number of hydrogen-bond acceptors (Lipinski definition) is 5. The minimum absolute atomic E-state index is 0.227. The molecular formula is C16H16N2O3S. The molecule has 2 heterocycles. The summed E-state index contributed by atoms with van der Waals surface area (Å²) in [6, 6.07) is 7.75. The molecule has 0 atom stereocenters. The zero-order valence-electron chi connectivity index (χ0n) is 12.4. The summed E-state index contributed by atoms with van der Waals surface area (Å²) >= 11 is 1.51. The quantitative estimate of drug-likeness (QED) is 0.678. The van der Waals surface area contributed by atoms with Crippen LogP contribution in [0, 0.1) is 0 Å². The van der Waals surface area contributed by atoms with Crippen molar-refractivity contribution in [2.75, 3.05) is 13.7 Å². The molecule has 0 saturated heterocycles. The Hall–Kier alpha value is -2.34. The van der Waals surface area contributed by atoms with E-state index in [4.69, 9.17) is 9.47 Å². The van der Waals surface area contributed by atoms with E-state index in [1.54, 1.807) is 14.0 Å². The van der Waals surface area contributed by atoms with Crippen molar-refractivity contribution in [1.29, 1.82) is 0 Å². The Balaban J connectivity index is 1.97. The van der Waals surface area contributed by atoms with E-state index in [9.17, 15) is 4.79 Å². The first-order valence-electron chi connectivity index (χ1n) is 6.97. The summed E-state index contributed by atoms with van der Waals surface area (Å²) in [4.78, 5) is 17.1. The van der Waals surface area contributed by atoms with E-state index >= 15 is 0 Å². The largest absolute Gasteiger partial charge is 0.496 e. The van der Waals surface area contributed by atoms with Gasteiger partial charge in [0.05, 0.1) is 25.8 Å². The second-order valence-corrected chi connectivity index (χ2v) is 5.52. The number of hydrogen-bond donors (Lipinski definition) is 0. The molecule has 3 rings (SSSR count). The fourth-order valence-corrected chi connectivity index (χ4v) is 3.18. The standard InChI is InChI=1S/C16H16N2O3S/c1-3-21-15(19)8-11-10-22-16-17-13(9-18(11)16)12-6-4-5-7-14(12)20-2/h4-7,9-10H,3,8H2,1-2H3. The van der Waals surface area contributed by atoms with Crippen LogP contribution in [-0.4, -0.2) is 29.1 Å². The Labute approximate surface area is 132 Å². The molecule has 0 fully saturated rings. The van der Waals surface area contributed by atoms with E-state index in [-0.39, 0.29) is 12.4 Å². The number of thiazole rings is 1. The molecule has 6 heteroatoms. The van der Waals surface area contributed by atoms with Crippen molar-refractivity contribution >= 4 is 22.3 Å². The van der Waals surface area contributed by atoms with Gasteiger partial charge in [-0.15, -0.1) is 11.3 Å². The maximum Gasteiger partial charge on any atom is 0.311 e. The lowest BCUT2D eigenvalue weighted by atomic mass is 10.1. The Bertz CT molecular complexity index is 807. The highest BCUT2D eigenvalue weighted by atomic mass is 32.1. The second kappa shape index (κ2) is 6.19. The van der Waals surface area contributed by atoms with Crippen LogP contribution in [0.1, 0.15) is 12.6 Å². The summed E-state index contributed by atoms with van der Waals surface area (Å²) in [5, 5.41) is 1.94. The summed E-state index contributed by atoms with van der Waals surface area (Å²) in [7, 11) is 1.64. The van der Waals surface area contributed by atoms with Gasteiger partial charge >= 0.3 is 5.97 Å². The summed E-state index contributed by atoms with van der Waals surface area (Å²) in [6.45, 7) is 2.20. The Morgan fingerprint density at radius 2 is 2.18 bits per heavy atom. The third-order valence-corrected chi connectivity index (χ3v) is 4.19. The van der Waals surface area contributed by atoms with Gasteiger partial charge in [0.1, 0.15) is 5.75 Å². The summed E-state index contributed by atoms with van der Waals surface area (Å²) in [6.07, 6.45) is 2.17. The summed E-state index contributed by atoms with van der Waals surface area (Å²) in [5.74, 6) is 0.551. The molecule has 0 unspecified atom stereocenters. The van der Waals surface area contributed by atoms with Crippen molar-refractivity contribution in [1.82, 2.24) is 9.38 Å². The number of imidazole rings is 1. The van der Waals surface area contributed by atoms with Crippen molar-refractivity contribution < 1.29 is 14.3 Å². The number of methoxy groups -OCH3 is 1. The zero-order chi connectivity index (χ0) is 15.5. The van der Waals surface area contributed by atoms with E-state index in [0.29, 0.717) is 6.61 Å². The number of carbonyl (C=O) groups excluding carboxylic acids is 1. The fourth-order valence-electron chi connectivity index (χ4n) is 2.30. The predicted molar refractivity (Wildman–Crippen MR) is 85.4 cm³/mol. The van der Waals surface area contributed by atoms with E-state index < -0.39 is 0 Å². The molecule has 3 aromatic rings. The van der Waals surface area contributed by atoms with Crippen LogP contribution in [-0.2, 0) is 16.0 Å². The van der Waals surface area contributed by atoms with Crippen LogP contribution in [0.4, 0.5) is 0 Å². The third-order valence-electron chi connectivity index (χ3n) is 3.30. The first-order valence-corrected chi connectivity index (χ1v) is 7.85. The van der Waals surface area contributed by atoms with Crippen molar-refractivity contribution in [2.45, 2.75) is 13.3 Å². The lowest BCUT2D eigenvalue weighted by Gasteiger charge is -2.04. The highest BCUT2D eigenvalue weighted by Gasteiger charge is 2.14. The third kappa shape index (κ3) is 2.69. The first kappa shape index (κ1) is 14.6. The normalized spacial score (nSPS) is 10.8. The van der Waals surface area contributed by atoms with Gasteiger partial charge < -0.3 is 9.47 Å². The molecule has 0 N–H and O–H groups in total. The second-order valence-electron chi connectivity index (χ2n) is 4.69.